The molecule has 1 aromatic rings. The third-order valence-electron chi connectivity index (χ3n) is 4.10. The van der Waals surface area contributed by atoms with E-state index in [0.717, 1.165) is 23.9 Å². The van der Waals surface area contributed by atoms with E-state index < -0.39 is 0 Å². The highest BCUT2D eigenvalue weighted by molar-refractivity contribution is 5.20. The molecular formula is C17H28N2O. The van der Waals surface area contributed by atoms with Crippen LogP contribution >= 0.6 is 0 Å². The molecule has 3 heteroatoms. The van der Waals surface area contributed by atoms with E-state index in [-0.39, 0.29) is 0 Å². The average Bonchev–Trinajstić information content (AvgIpc) is 2.47. The van der Waals surface area contributed by atoms with Crippen molar-refractivity contribution in [1.29, 1.82) is 0 Å². The van der Waals surface area contributed by atoms with Gasteiger partial charge in [0.25, 0.3) is 0 Å². The summed E-state index contributed by atoms with van der Waals surface area (Å²) in [5, 5.41) is 3.37. The minimum atomic E-state index is 0.384. The van der Waals surface area contributed by atoms with Crippen LogP contribution in [0.5, 0.6) is 5.75 Å². The zero-order valence-electron chi connectivity index (χ0n) is 13.1. The first-order valence-corrected chi connectivity index (χ1v) is 8.02. The number of ether oxygens (including phenoxy) is 1. The Bertz CT molecular complexity index is 388. The molecule has 1 aliphatic carbocycles. The fourth-order valence-electron chi connectivity index (χ4n) is 2.81. The predicted octanol–water partition coefficient (Wildman–Crippen LogP) is 3.93. The van der Waals surface area contributed by atoms with Crippen LogP contribution < -0.4 is 10.1 Å². The van der Waals surface area contributed by atoms with Gasteiger partial charge in [0.2, 0.25) is 0 Å². The molecule has 0 aromatic carbocycles. The van der Waals surface area contributed by atoms with Crippen molar-refractivity contribution in [3.63, 3.8) is 0 Å². The van der Waals surface area contributed by atoms with Gasteiger partial charge in [0.15, 0.2) is 0 Å². The van der Waals surface area contributed by atoms with Crippen LogP contribution in [0.1, 0.15) is 58.6 Å². The van der Waals surface area contributed by atoms with Crippen LogP contribution in [-0.4, -0.2) is 17.1 Å². The summed E-state index contributed by atoms with van der Waals surface area (Å²) in [7, 11) is 0. The number of aromatic nitrogens is 1. The van der Waals surface area contributed by atoms with Crippen molar-refractivity contribution in [2.24, 2.45) is 5.92 Å². The molecule has 2 atom stereocenters. The molecule has 0 radical (unpaired) electrons. The van der Waals surface area contributed by atoms with Gasteiger partial charge in [-0.3, -0.25) is 4.98 Å². The Morgan fingerprint density at radius 3 is 2.85 bits per heavy atom. The molecule has 2 unspecified atom stereocenters. The van der Waals surface area contributed by atoms with Gasteiger partial charge in [-0.1, -0.05) is 33.6 Å². The minimum absolute atomic E-state index is 0.384. The molecule has 1 heterocycles. The zero-order valence-corrected chi connectivity index (χ0v) is 13.1. The lowest BCUT2D eigenvalue weighted by atomic mass is 9.85. The van der Waals surface area contributed by atoms with Crippen molar-refractivity contribution in [2.45, 2.75) is 71.6 Å². The molecule has 20 heavy (non-hydrogen) atoms. The monoisotopic (exact) mass is 276 g/mol. The summed E-state index contributed by atoms with van der Waals surface area (Å²) >= 11 is 0. The Labute approximate surface area is 123 Å². The Morgan fingerprint density at radius 2 is 2.20 bits per heavy atom. The van der Waals surface area contributed by atoms with E-state index in [1.165, 1.54) is 32.1 Å². The van der Waals surface area contributed by atoms with E-state index in [1.54, 1.807) is 0 Å². The molecule has 0 aliphatic heterocycles. The highest BCUT2D eigenvalue weighted by Gasteiger charge is 2.22. The number of pyridine rings is 1. The van der Waals surface area contributed by atoms with Gasteiger partial charge in [-0.05, 0) is 37.3 Å². The van der Waals surface area contributed by atoms with E-state index in [1.807, 2.05) is 6.20 Å². The summed E-state index contributed by atoms with van der Waals surface area (Å²) in [5.74, 6) is 1.76. The predicted molar refractivity (Wildman–Crippen MR) is 82.9 cm³/mol. The molecule has 3 nitrogen and oxygen atoms in total. The van der Waals surface area contributed by atoms with Crippen molar-refractivity contribution in [1.82, 2.24) is 10.3 Å². The molecule has 2 rings (SSSR count). The van der Waals surface area contributed by atoms with Crippen LogP contribution in [0.15, 0.2) is 18.3 Å². The molecule has 0 spiro atoms. The second kappa shape index (κ2) is 7.63. The van der Waals surface area contributed by atoms with E-state index >= 15 is 0 Å². The lowest BCUT2D eigenvalue weighted by Crippen LogP contribution is -2.25. The Kier molecular flexibility index (Phi) is 5.84. The van der Waals surface area contributed by atoms with Gasteiger partial charge in [-0.15, -0.1) is 0 Å². The molecule has 1 fully saturated rings. The van der Waals surface area contributed by atoms with Gasteiger partial charge in [0.1, 0.15) is 5.75 Å². The number of rotatable bonds is 6. The molecule has 1 aliphatic rings. The zero-order chi connectivity index (χ0) is 14.4. The smallest absolute Gasteiger partial charge is 0.138 e. The minimum Gasteiger partial charge on any atom is -0.489 e. The lowest BCUT2D eigenvalue weighted by molar-refractivity contribution is 0.121. The second-order valence-electron chi connectivity index (χ2n) is 6.20. The lowest BCUT2D eigenvalue weighted by Gasteiger charge is -2.28. The van der Waals surface area contributed by atoms with E-state index in [4.69, 9.17) is 4.74 Å². The topological polar surface area (TPSA) is 34.1 Å². The molecule has 0 bridgehead atoms. The largest absolute Gasteiger partial charge is 0.489 e. The second-order valence-corrected chi connectivity index (χ2v) is 6.20. The van der Waals surface area contributed by atoms with E-state index in [9.17, 15) is 0 Å². The van der Waals surface area contributed by atoms with Crippen LogP contribution in [0.25, 0.3) is 0 Å². The van der Waals surface area contributed by atoms with Crippen LogP contribution in [-0.2, 0) is 6.54 Å². The molecule has 1 saturated carbocycles. The van der Waals surface area contributed by atoms with Crippen molar-refractivity contribution >= 4 is 0 Å². The molecule has 1 N–H and O–H groups in total. The summed E-state index contributed by atoms with van der Waals surface area (Å²) in [5.41, 5.74) is 1.07. The van der Waals surface area contributed by atoms with Gasteiger partial charge in [-0.2, -0.15) is 0 Å². The van der Waals surface area contributed by atoms with Crippen molar-refractivity contribution in [3.8, 4) is 5.75 Å². The number of nitrogens with zero attached hydrogens (tertiary/aromatic N) is 1. The van der Waals surface area contributed by atoms with Gasteiger partial charge in [0, 0.05) is 12.6 Å². The van der Waals surface area contributed by atoms with Gasteiger partial charge in [0.05, 0.1) is 18.0 Å². The molecule has 0 saturated heterocycles. The number of nitrogens with one attached hydrogen (secondary N) is 1. The van der Waals surface area contributed by atoms with E-state index in [0.29, 0.717) is 12.1 Å². The van der Waals surface area contributed by atoms with Gasteiger partial charge >= 0.3 is 0 Å². The van der Waals surface area contributed by atoms with Crippen molar-refractivity contribution in [2.75, 3.05) is 0 Å². The number of hydrogen-bond donors (Lipinski definition) is 1. The quantitative estimate of drug-likeness (QED) is 0.855. The van der Waals surface area contributed by atoms with Gasteiger partial charge < -0.3 is 10.1 Å². The van der Waals surface area contributed by atoms with Crippen LogP contribution in [0.2, 0.25) is 0 Å². The fourth-order valence-corrected chi connectivity index (χ4v) is 2.81. The normalized spacial score (nSPS) is 23.0. The number of hydrogen-bond acceptors (Lipinski definition) is 3. The summed E-state index contributed by atoms with van der Waals surface area (Å²) < 4.78 is 6.09. The van der Waals surface area contributed by atoms with Crippen LogP contribution in [0.3, 0.4) is 0 Å². The van der Waals surface area contributed by atoms with Crippen LogP contribution in [0, 0.1) is 5.92 Å². The highest BCUT2D eigenvalue weighted by Crippen LogP contribution is 2.29. The van der Waals surface area contributed by atoms with E-state index in [2.05, 4.69) is 43.2 Å². The molecule has 1 aromatic heterocycles. The Balaban J connectivity index is 1.83. The molecule has 0 amide bonds. The van der Waals surface area contributed by atoms with Crippen LogP contribution in [0.4, 0.5) is 0 Å². The SMILES string of the molecule is CCC1CCCC(Oc2ccc(CNC(C)C)nc2)C1. The van der Waals surface area contributed by atoms with Crippen molar-refractivity contribution in [3.05, 3.63) is 24.0 Å². The summed E-state index contributed by atoms with van der Waals surface area (Å²) in [4.78, 5) is 4.47. The standard InChI is InChI=1S/C17H28N2O/c1-4-14-6-5-7-16(10-14)20-17-9-8-15(19-12-17)11-18-13(2)3/h8-9,12-14,16,18H,4-7,10-11H2,1-3H3. The first-order valence-electron chi connectivity index (χ1n) is 8.02. The summed E-state index contributed by atoms with van der Waals surface area (Å²) in [6.07, 6.45) is 8.59. The van der Waals surface area contributed by atoms with Gasteiger partial charge in [-0.25, -0.2) is 0 Å². The summed E-state index contributed by atoms with van der Waals surface area (Å²) in [6, 6.07) is 4.60. The maximum Gasteiger partial charge on any atom is 0.138 e. The highest BCUT2D eigenvalue weighted by atomic mass is 16.5. The fraction of sp³-hybridized carbons (Fsp3) is 0.706. The third kappa shape index (κ3) is 4.78. The first kappa shape index (κ1) is 15.3. The maximum absolute atomic E-state index is 6.09. The molecule has 112 valence electrons. The molecular weight excluding hydrogens is 248 g/mol. The third-order valence-corrected chi connectivity index (χ3v) is 4.10. The summed E-state index contributed by atoms with van der Waals surface area (Å²) in [6.45, 7) is 7.39. The maximum atomic E-state index is 6.09. The average molecular weight is 276 g/mol. The Hall–Kier alpha value is -1.09. The Morgan fingerprint density at radius 1 is 1.35 bits per heavy atom. The first-order chi connectivity index (χ1) is 9.67. The van der Waals surface area contributed by atoms with Crippen molar-refractivity contribution < 1.29 is 4.74 Å².